The van der Waals surface area contributed by atoms with E-state index in [0.717, 1.165) is 27.8 Å². The first kappa shape index (κ1) is 15.3. The molecule has 1 aliphatic carbocycles. The molecule has 2 aromatic heterocycles. The SMILES string of the molecule is CC(=O)NCCSc1nnc(-c2c[nH]c3ccccc23)n1C1CC1. The second kappa shape index (κ2) is 6.32. The molecule has 0 unspecified atom stereocenters. The van der Waals surface area contributed by atoms with Crippen molar-refractivity contribution in [2.24, 2.45) is 0 Å². The maximum absolute atomic E-state index is 11.0. The highest BCUT2D eigenvalue weighted by atomic mass is 32.2. The summed E-state index contributed by atoms with van der Waals surface area (Å²) < 4.78 is 2.26. The Morgan fingerprint density at radius 1 is 1.38 bits per heavy atom. The topological polar surface area (TPSA) is 75.6 Å². The van der Waals surface area contributed by atoms with Gasteiger partial charge in [0.25, 0.3) is 0 Å². The van der Waals surface area contributed by atoms with E-state index in [2.05, 4.69) is 37.2 Å². The molecule has 0 aliphatic heterocycles. The minimum atomic E-state index is -0.00117. The van der Waals surface area contributed by atoms with Crippen LogP contribution in [0, 0.1) is 0 Å². The summed E-state index contributed by atoms with van der Waals surface area (Å²) >= 11 is 1.65. The fraction of sp³-hybridized carbons (Fsp3) is 0.353. The molecule has 2 N–H and O–H groups in total. The van der Waals surface area contributed by atoms with E-state index in [1.54, 1.807) is 11.8 Å². The van der Waals surface area contributed by atoms with Crippen molar-refractivity contribution in [2.45, 2.75) is 31.0 Å². The van der Waals surface area contributed by atoms with Crippen LogP contribution in [0.5, 0.6) is 0 Å². The molecule has 3 aromatic rings. The summed E-state index contributed by atoms with van der Waals surface area (Å²) in [6.07, 6.45) is 4.36. The molecule has 2 heterocycles. The van der Waals surface area contributed by atoms with Crippen LogP contribution < -0.4 is 5.32 Å². The van der Waals surface area contributed by atoms with E-state index in [1.165, 1.54) is 25.2 Å². The molecule has 7 heteroatoms. The number of hydrogen-bond donors (Lipinski definition) is 2. The molecule has 0 saturated heterocycles. The molecule has 1 amide bonds. The van der Waals surface area contributed by atoms with E-state index in [0.29, 0.717) is 12.6 Å². The Balaban J connectivity index is 1.63. The predicted molar refractivity (Wildman–Crippen MR) is 95.0 cm³/mol. The molecule has 4 rings (SSSR count). The van der Waals surface area contributed by atoms with E-state index in [9.17, 15) is 4.79 Å². The maximum atomic E-state index is 11.0. The highest BCUT2D eigenvalue weighted by Crippen LogP contribution is 2.42. The van der Waals surface area contributed by atoms with Gasteiger partial charge in [-0.1, -0.05) is 30.0 Å². The number of aromatic nitrogens is 4. The van der Waals surface area contributed by atoms with Crippen molar-refractivity contribution in [3.63, 3.8) is 0 Å². The molecule has 0 atom stereocenters. The van der Waals surface area contributed by atoms with Crippen LogP contribution >= 0.6 is 11.8 Å². The van der Waals surface area contributed by atoms with E-state index in [-0.39, 0.29) is 5.91 Å². The number of benzene rings is 1. The second-order valence-corrected chi connectivity index (χ2v) is 7.05. The van der Waals surface area contributed by atoms with Crippen molar-refractivity contribution in [2.75, 3.05) is 12.3 Å². The summed E-state index contributed by atoms with van der Waals surface area (Å²) in [4.78, 5) is 14.3. The van der Waals surface area contributed by atoms with E-state index in [4.69, 9.17) is 0 Å². The third-order valence-corrected chi connectivity index (χ3v) is 5.06. The number of fused-ring (bicyclic) bond motifs is 1. The first-order valence-corrected chi connectivity index (χ1v) is 9.11. The van der Waals surface area contributed by atoms with Gasteiger partial charge in [-0.15, -0.1) is 10.2 Å². The second-order valence-electron chi connectivity index (χ2n) is 5.99. The third kappa shape index (κ3) is 2.91. The van der Waals surface area contributed by atoms with Crippen molar-refractivity contribution >= 4 is 28.6 Å². The van der Waals surface area contributed by atoms with Gasteiger partial charge < -0.3 is 10.3 Å². The number of carbonyl (C=O) groups excluding carboxylic acids is 1. The van der Waals surface area contributed by atoms with Crippen molar-refractivity contribution in [3.8, 4) is 11.4 Å². The molecule has 1 aliphatic rings. The van der Waals surface area contributed by atoms with Crippen LogP contribution in [0.1, 0.15) is 25.8 Å². The number of nitrogens with one attached hydrogen (secondary N) is 2. The monoisotopic (exact) mass is 341 g/mol. The predicted octanol–water partition coefficient (Wildman–Crippen LogP) is 2.99. The Morgan fingerprint density at radius 2 is 2.21 bits per heavy atom. The lowest BCUT2D eigenvalue weighted by molar-refractivity contribution is -0.118. The van der Waals surface area contributed by atoms with E-state index < -0.39 is 0 Å². The fourth-order valence-corrected chi connectivity index (χ4v) is 3.71. The van der Waals surface area contributed by atoms with Crippen molar-refractivity contribution in [1.29, 1.82) is 0 Å². The maximum Gasteiger partial charge on any atom is 0.216 e. The van der Waals surface area contributed by atoms with Crippen LogP contribution in [0.2, 0.25) is 0 Å². The van der Waals surface area contributed by atoms with Gasteiger partial charge in [0, 0.05) is 47.9 Å². The van der Waals surface area contributed by atoms with Crippen molar-refractivity contribution < 1.29 is 4.79 Å². The molecule has 1 fully saturated rings. The normalized spacial score (nSPS) is 14.2. The van der Waals surface area contributed by atoms with Crippen LogP contribution in [0.4, 0.5) is 0 Å². The molecular weight excluding hydrogens is 322 g/mol. The van der Waals surface area contributed by atoms with Gasteiger partial charge >= 0.3 is 0 Å². The Kier molecular flexibility index (Phi) is 4.02. The minimum absolute atomic E-state index is 0.00117. The van der Waals surface area contributed by atoms with Crippen LogP contribution in [-0.4, -0.2) is 38.0 Å². The Morgan fingerprint density at radius 3 is 3.00 bits per heavy atom. The Bertz CT molecular complexity index is 880. The summed E-state index contributed by atoms with van der Waals surface area (Å²) in [5.41, 5.74) is 2.21. The molecule has 0 bridgehead atoms. The van der Waals surface area contributed by atoms with Crippen molar-refractivity contribution in [1.82, 2.24) is 25.1 Å². The van der Waals surface area contributed by atoms with Crippen LogP contribution in [0.3, 0.4) is 0 Å². The van der Waals surface area contributed by atoms with Gasteiger partial charge in [0.2, 0.25) is 5.91 Å². The smallest absolute Gasteiger partial charge is 0.216 e. The quantitative estimate of drug-likeness (QED) is 0.534. The number of aromatic amines is 1. The average Bonchev–Trinajstić information content (AvgIpc) is 3.19. The molecule has 1 aromatic carbocycles. The van der Waals surface area contributed by atoms with Gasteiger partial charge in [0.1, 0.15) is 0 Å². The lowest BCUT2D eigenvalue weighted by atomic mass is 10.1. The largest absolute Gasteiger partial charge is 0.360 e. The molecule has 1 saturated carbocycles. The number of hydrogen-bond acceptors (Lipinski definition) is 4. The minimum Gasteiger partial charge on any atom is -0.360 e. The van der Waals surface area contributed by atoms with Crippen LogP contribution in [0.25, 0.3) is 22.3 Å². The highest BCUT2D eigenvalue weighted by molar-refractivity contribution is 7.99. The van der Waals surface area contributed by atoms with Gasteiger partial charge in [-0.2, -0.15) is 0 Å². The molecular formula is C17H19N5OS. The van der Waals surface area contributed by atoms with Crippen LogP contribution in [0.15, 0.2) is 35.6 Å². The summed E-state index contributed by atoms with van der Waals surface area (Å²) in [6.45, 7) is 2.17. The number of nitrogens with zero attached hydrogens (tertiary/aromatic N) is 3. The van der Waals surface area contributed by atoms with Gasteiger partial charge in [-0.3, -0.25) is 9.36 Å². The lowest BCUT2D eigenvalue weighted by Crippen LogP contribution is -2.22. The molecule has 0 radical (unpaired) electrons. The summed E-state index contributed by atoms with van der Waals surface area (Å²) in [5, 5.41) is 13.8. The first-order valence-electron chi connectivity index (χ1n) is 8.12. The summed E-state index contributed by atoms with van der Waals surface area (Å²) in [5.74, 6) is 1.72. The van der Waals surface area contributed by atoms with Gasteiger partial charge in [0.15, 0.2) is 11.0 Å². The van der Waals surface area contributed by atoms with Gasteiger partial charge in [-0.05, 0) is 18.9 Å². The highest BCUT2D eigenvalue weighted by Gasteiger charge is 2.30. The first-order chi connectivity index (χ1) is 11.7. The zero-order valence-electron chi connectivity index (χ0n) is 13.5. The molecule has 6 nitrogen and oxygen atoms in total. The number of H-pyrrole nitrogens is 1. The summed E-state index contributed by atoms with van der Waals surface area (Å²) in [7, 11) is 0. The molecule has 124 valence electrons. The third-order valence-electron chi connectivity index (χ3n) is 4.11. The number of para-hydroxylation sites is 1. The molecule has 0 spiro atoms. The molecule has 24 heavy (non-hydrogen) atoms. The number of amides is 1. The zero-order chi connectivity index (χ0) is 16.5. The van der Waals surface area contributed by atoms with Gasteiger partial charge in [-0.25, -0.2) is 0 Å². The van der Waals surface area contributed by atoms with E-state index >= 15 is 0 Å². The number of carbonyl (C=O) groups is 1. The fourth-order valence-electron chi connectivity index (χ4n) is 2.85. The van der Waals surface area contributed by atoms with E-state index in [1.807, 2.05) is 18.3 Å². The Labute approximate surface area is 144 Å². The lowest BCUT2D eigenvalue weighted by Gasteiger charge is -2.08. The summed E-state index contributed by atoms with van der Waals surface area (Å²) in [6, 6.07) is 8.74. The average molecular weight is 341 g/mol. The van der Waals surface area contributed by atoms with Gasteiger partial charge in [0.05, 0.1) is 0 Å². The number of thioether (sulfide) groups is 1. The Hall–Kier alpha value is -2.28. The van der Waals surface area contributed by atoms with Crippen LogP contribution in [-0.2, 0) is 4.79 Å². The van der Waals surface area contributed by atoms with Crippen molar-refractivity contribution in [3.05, 3.63) is 30.5 Å². The number of rotatable bonds is 6. The standard InChI is InChI=1S/C17H19N5OS/c1-11(23)18-8-9-24-17-21-20-16(22(17)12-6-7-12)14-10-19-15-5-3-2-4-13(14)15/h2-5,10,12,19H,6-9H2,1H3,(H,18,23). The zero-order valence-corrected chi connectivity index (χ0v) is 14.3.